The second kappa shape index (κ2) is 3.48. The zero-order valence-electron chi connectivity index (χ0n) is 6.98. The molecule has 0 fully saturated rings. The Morgan fingerprint density at radius 2 is 2.29 bits per heavy atom. The van der Waals surface area contributed by atoms with Crippen molar-refractivity contribution in [2.45, 2.75) is 0 Å². The molecule has 0 aliphatic carbocycles. The van der Waals surface area contributed by atoms with Crippen molar-refractivity contribution in [3.05, 3.63) is 39.8 Å². The van der Waals surface area contributed by atoms with Crippen molar-refractivity contribution in [2.75, 3.05) is 0 Å². The average Bonchev–Trinajstić information content (AvgIpc) is 2.70. The molecular formula is C9H6ClNO2S. The van der Waals surface area contributed by atoms with Crippen molar-refractivity contribution in [2.24, 2.45) is 0 Å². The lowest BCUT2D eigenvalue weighted by molar-refractivity contribution is 0.0702. The first-order valence-electron chi connectivity index (χ1n) is 3.84. The number of hydrogen-bond acceptors (Lipinski definition) is 2. The van der Waals surface area contributed by atoms with E-state index in [0.29, 0.717) is 15.7 Å². The molecule has 0 amide bonds. The van der Waals surface area contributed by atoms with Crippen molar-refractivity contribution in [1.82, 2.24) is 4.57 Å². The summed E-state index contributed by atoms with van der Waals surface area (Å²) in [7, 11) is 0. The zero-order chi connectivity index (χ0) is 10.1. The van der Waals surface area contributed by atoms with Gasteiger partial charge in [-0.2, -0.15) is 0 Å². The van der Waals surface area contributed by atoms with Gasteiger partial charge >= 0.3 is 5.97 Å². The molecule has 0 spiro atoms. The highest BCUT2D eigenvalue weighted by Crippen LogP contribution is 2.24. The maximum Gasteiger partial charge on any atom is 0.348 e. The van der Waals surface area contributed by atoms with Crippen LogP contribution in [0.15, 0.2) is 29.8 Å². The van der Waals surface area contributed by atoms with Crippen LogP contribution in [-0.2, 0) is 0 Å². The molecule has 5 heteroatoms. The van der Waals surface area contributed by atoms with E-state index in [1.165, 1.54) is 11.3 Å². The molecule has 0 atom stereocenters. The zero-order valence-corrected chi connectivity index (χ0v) is 8.55. The molecular weight excluding hydrogens is 222 g/mol. The van der Waals surface area contributed by atoms with Crippen LogP contribution in [0.4, 0.5) is 0 Å². The van der Waals surface area contributed by atoms with Crippen LogP contribution in [0.2, 0.25) is 5.15 Å². The molecule has 0 unspecified atom stereocenters. The normalized spacial score (nSPS) is 10.4. The van der Waals surface area contributed by atoms with Crippen LogP contribution in [0.1, 0.15) is 9.67 Å². The third-order valence-corrected chi connectivity index (χ3v) is 3.00. The average molecular weight is 228 g/mol. The summed E-state index contributed by atoms with van der Waals surface area (Å²) in [5.74, 6) is -0.931. The van der Waals surface area contributed by atoms with E-state index in [-0.39, 0.29) is 0 Å². The van der Waals surface area contributed by atoms with E-state index in [4.69, 9.17) is 16.7 Å². The van der Waals surface area contributed by atoms with Crippen molar-refractivity contribution < 1.29 is 9.90 Å². The molecule has 0 bridgehead atoms. The Morgan fingerprint density at radius 3 is 2.86 bits per heavy atom. The van der Waals surface area contributed by atoms with Gasteiger partial charge in [0.05, 0.1) is 5.69 Å². The Hall–Kier alpha value is -1.26. The predicted octanol–water partition coefficient (Wildman–Crippen LogP) is 2.89. The highest BCUT2D eigenvalue weighted by molar-refractivity contribution is 7.12. The molecule has 72 valence electrons. The number of nitrogens with zero attached hydrogens (tertiary/aromatic N) is 1. The highest BCUT2D eigenvalue weighted by atomic mass is 35.5. The lowest BCUT2D eigenvalue weighted by Gasteiger charge is -2.02. The number of aromatic nitrogens is 1. The maximum absolute atomic E-state index is 10.8. The molecule has 0 saturated heterocycles. The van der Waals surface area contributed by atoms with Crippen LogP contribution in [0.3, 0.4) is 0 Å². The van der Waals surface area contributed by atoms with Crippen LogP contribution < -0.4 is 0 Å². The first kappa shape index (κ1) is 9.30. The van der Waals surface area contributed by atoms with Gasteiger partial charge in [0.25, 0.3) is 0 Å². The van der Waals surface area contributed by atoms with Crippen molar-refractivity contribution in [3.63, 3.8) is 0 Å². The van der Waals surface area contributed by atoms with Gasteiger partial charge in [-0.1, -0.05) is 11.6 Å². The molecule has 2 rings (SSSR count). The fourth-order valence-corrected chi connectivity index (χ4v) is 2.15. The van der Waals surface area contributed by atoms with Crippen LogP contribution in [0.25, 0.3) is 5.69 Å². The van der Waals surface area contributed by atoms with Gasteiger partial charge in [-0.25, -0.2) is 4.79 Å². The first-order chi connectivity index (χ1) is 6.70. The quantitative estimate of drug-likeness (QED) is 0.857. The Bertz CT molecular complexity index is 475. The number of hydrogen-bond donors (Lipinski definition) is 1. The molecule has 0 aliphatic rings. The minimum atomic E-state index is -0.931. The smallest absolute Gasteiger partial charge is 0.348 e. The van der Waals surface area contributed by atoms with Gasteiger partial charge in [0.2, 0.25) is 0 Å². The van der Waals surface area contributed by atoms with Gasteiger partial charge in [-0.15, -0.1) is 11.3 Å². The van der Waals surface area contributed by atoms with Gasteiger partial charge in [-0.05, 0) is 23.6 Å². The van der Waals surface area contributed by atoms with Gasteiger partial charge in [0.15, 0.2) is 0 Å². The monoisotopic (exact) mass is 227 g/mol. The highest BCUT2D eigenvalue weighted by Gasteiger charge is 2.13. The summed E-state index contributed by atoms with van der Waals surface area (Å²) in [4.78, 5) is 11.1. The minimum absolute atomic E-state index is 0.295. The van der Waals surface area contributed by atoms with E-state index in [0.717, 1.165) is 0 Å². The second-order valence-electron chi connectivity index (χ2n) is 2.64. The number of carboxylic acids is 1. The van der Waals surface area contributed by atoms with Gasteiger partial charge in [-0.3, -0.25) is 0 Å². The molecule has 0 aromatic carbocycles. The van der Waals surface area contributed by atoms with Crippen molar-refractivity contribution in [3.8, 4) is 5.69 Å². The van der Waals surface area contributed by atoms with E-state index in [2.05, 4.69) is 0 Å². The lowest BCUT2D eigenvalue weighted by Crippen LogP contribution is -2.00. The SMILES string of the molecule is O=C(O)c1sccc1-n1cccc1Cl. The molecule has 2 aromatic heterocycles. The first-order valence-corrected chi connectivity index (χ1v) is 5.10. The number of aromatic carboxylic acids is 1. The number of carbonyl (C=O) groups is 1. The third kappa shape index (κ3) is 1.42. The predicted molar refractivity (Wildman–Crippen MR) is 55.6 cm³/mol. The van der Waals surface area contributed by atoms with Crippen LogP contribution in [0.5, 0.6) is 0 Å². The van der Waals surface area contributed by atoms with Crippen molar-refractivity contribution in [1.29, 1.82) is 0 Å². The second-order valence-corrected chi connectivity index (χ2v) is 3.94. The molecule has 2 heterocycles. The van der Waals surface area contributed by atoms with E-state index in [1.54, 1.807) is 34.3 Å². The Morgan fingerprint density at radius 1 is 1.50 bits per heavy atom. The Balaban J connectivity index is 2.57. The summed E-state index contributed by atoms with van der Waals surface area (Å²) in [6, 6.07) is 5.22. The summed E-state index contributed by atoms with van der Waals surface area (Å²) in [6.45, 7) is 0. The molecule has 0 aliphatic heterocycles. The lowest BCUT2D eigenvalue weighted by atomic mass is 10.4. The largest absolute Gasteiger partial charge is 0.477 e. The molecule has 0 radical (unpaired) electrons. The van der Waals surface area contributed by atoms with Crippen LogP contribution in [-0.4, -0.2) is 15.6 Å². The molecule has 3 nitrogen and oxygen atoms in total. The Labute approximate surface area is 89.2 Å². The number of rotatable bonds is 2. The van der Waals surface area contributed by atoms with Gasteiger partial charge in [0.1, 0.15) is 10.0 Å². The molecule has 2 aromatic rings. The van der Waals surface area contributed by atoms with E-state index in [1.807, 2.05) is 0 Å². The minimum Gasteiger partial charge on any atom is -0.477 e. The molecule has 1 N–H and O–H groups in total. The number of halogens is 1. The fraction of sp³-hybridized carbons (Fsp3) is 0. The summed E-state index contributed by atoms with van der Waals surface area (Å²) in [5, 5.41) is 11.1. The third-order valence-electron chi connectivity index (χ3n) is 1.80. The molecule has 14 heavy (non-hydrogen) atoms. The van der Waals surface area contributed by atoms with E-state index >= 15 is 0 Å². The van der Waals surface area contributed by atoms with Crippen LogP contribution >= 0.6 is 22.9 Å². The summed E-state index contributed by atoms with van der Waals surface area (Å²) in [6.07, 6.45) is 1.73. The summed E-state index contributed by atoms with van der Waals surface area (Å²) in [5.41, 5.74) is 0.609. The standard InChI is InChI=1S/C9H6ClNO2S/c10-7-2-1-4-11(7)6-3-5-14-8(6)9(12)13/h1-5H,(H,12,13). The van der Waals surface area contributed by atoms with E-state index in [9.17, 15) is 4.79 Å². The van der Waals surface area contributed by atoms with Gasteiger partial charge < -0.3 is 9.67 Å². The Kier molecular flexibility index (Phi) is 2.31. The molecule has 0 saturated carbocycles. The summed E-state index contributed by atoms with van der Waals surface area (Å²) < 4.78 is 1.64. The van der Waals surface area contributed by atoms with E-state index < -0.39 is 5.97 Å². The maximum atomic E-state index is 10.8. The topological polar surface area (TPSA) is 42.2 Å². The number of thiophene rings is 1. The van der Waals surface area contributed by atoms with Crippen molar-refractivity contribution >= 4 is 28.9 Å². The fourth-order valence-electron chi connectivity index (χ4n) is 1.21. The number of carboxylic acid groups (broad SMARTS) is 1. The van der Waals surface area contributed by atoms with Gasteiger partial charge in [0, 0.05) is 6.20 Å². The van der Waals surface area contributed by atoms with Crippen LogP contribution in [0, 0.1) is 0 Å². The summed E-state index contributed by atoms with van der Waals surface area (Å²) >= 11 is 7.07.